The maximum absolute atomic E-state index is 13.2. The van der Waals surface area contributed by atoms with Crippen molar-refractivity contribution in [2.24, 2.45) is 0 Å². The summed E-state index contributed by atoms with van der Waals surface area (Å²) >= 11 is 9.33. The number of nitrogens with zero attached hydrogens (tertiary/aromatic N) is 2. The van der Waals surface area contributed by atoms with E-state index in [0.29, 0.717) is 10.0 Å². The first-order valence-electron chi connectivity index (χ1n) is 5.70. The van der Waals surface area contributed by atoms with Gasteiger partial charge in [0.2, 0.25) is 0 Å². The Labute approximate surface area is 123 Å². The van der Waals surface area contributed by atoms with Crippen LogP contribution in [0.5, 0.6) is 0 Å². The van der Waals surface area contributed by atoms with Gasteiger partial charge in [0.1, 0.15) is 5.15 Å². The smallest absolute Gasteiger partial charge is 0.161 e. The van der Waals surface area contributed by atoms with Gasteiger partial charge in [0.05, 0.1) is 10.2 Å². The minimum absolute atomic E-state index is 0.262. The molecular weight excluding hydrogens is 338 g/mol. The van der Waals surface area contributed by atoms with Gasteiger partial charge in [-0.25, -0.2) is 18.7 Å². The molecule has 0 bridgehead atoms. The van der Waals surface area contributed by atoms with E-state index in [9.17, 15) is 8.78 Å². The first-order valence-corrected chi connectivity index (χ1v) is 6.87. The van der Waals surface area contributed by atoms with Crippen molar-refractivity contribution in [3.05, 3.63) is 45.2 Å². The third kappa shape index (κ3) is 3.09. The highest BCUT2D eigenvalue weighted by molar-refractivity contribution is 9.10. The van der Waals surface area contributed by atoms with Crippen LogP contribution in [-0.2, 0) is 6.42 Å². The Morgan fingerprint density at radius 1 is 1.21 bits per heavy atom. The largest absolute Gasteiger partial charge is 0.232 e. The van der Waals surface area contributed by atoms with Gasteiger partial charge < -0.3 is 0 Å². The van der Waals surface area contributed by atoms with Gasteiger partial charge in [-0.05, 0) is 40.5 Å². The maximum atomic E-state index is 13.2. The molecule has 0 fully saturated rings. The highest BCUT2D eigenvalue weighted by Crippen LogP contribution is 2.28. The topological polar surface area (TPSA) is 25.8 Å². The Morgan fingerprint density at radius 2 is 1.95 bits per heavy atom. The molecule has 0 saturated heterocycles. The van der Waals surface area contributed by atoms with Gasteiger partial charge in [0, 0.05) is 5.56 Å². The van der Waals surface area contributed by atoms with Crippen molar-refractivity contribution in [3.8, 4) is 11.4 Å². The van der Waals surface area contributed by atoms with Crippen molar-refractivity contribution in [2.45, 2.75) is 19.8 Å². The molecular formula is C13H10BrClF2N2. The van der Waals surface area contributed by atoms with Crippen LogP contribution >= 0.6 is 27.5 Å². The average Bonchev–Trinajstić information content (AvgIpc) is 2.38. The lowest BCUT2D eigenvalue weighted by atomic mass is 10.2. The second-order valence-corrected chi connectivity index (χ2v) is 5.13. The molecule has 0 aliphatic carbocycles. The van der Waals surface area contributed by atoms with Crippen molar-refractivity contribution in [3.63, 3.8) is 0 Å². The second-order valence-electron chi connectivity index (χ2n) is 3.98. The summed E-state index contributed by atoms with van der Waals surface area (Å²) in [6.07, 6.45) is 1.61. The van der Waals surface area contributed by atoms with Crippen molar-refractivity contribution < 1.29 is 8.78 Å². The monoisotopic (exact) mass is 346 g/mol. The fourth-order valence-electron chi connectivity index (χ4n) is 1.63. The molecule has 1 aromatic heterocycles. The predicted octanol–water partition coefficient (Wildman–Crippen LogP) is 4.79. The van der Waals surface area contributed by atoms with Crippen molar-refractivity contribution in [2.75, 3.05) is 0 Å². The van der Waals surface area contributed by atoms with Gasteiger partial charge in [-0.3, -0.25) is 0 Å². The Kier molecular flexibility index (Phi) is 4.47. The van der Waals surface area contributed by atoms with E-state index in [1.165, 1.54) is 6.07 Å². The third-order valence-corrected chi connectivity index (χ3v) is 3.88. The standard InChI is InChI=1S/C13H10BrClF2N2/c1-2-3-10-11(14)12(15)19-13(18-10)7-4-5-8(16)9(17)6-7/h4-6H,2-3H2,1H3. The van der Waals surface area contributed by atoms with E-state index in [1.807, 2.05) is 6.92 Å². The van der Waals surface area contributed by atoms with Gasteiger partial charge in [-0.15, -0.1) is 0 Å². The van der Waals surface area contributed by atoms with E-state index in [2.05, 4.69) is 25.9 Å². The number of rotatable bonds is 3. The molecule has 2 nitrogen and oxygen atoms in total. The lowest BCUT2D eigenvalue weighted by molar-refractivity contribution is 0.509. The summed E-state index contributed by atoms with van der Waals surface area (Å²) in [7, 11) is 0. The molecule has 0 saturated carbocycles. The van der Waals surface area contributed by atoms with Crippen LogP contribution in [0.4, 0.5) is 8.78 Å². The molecule has 19 heavy (non-hydrogen) atoms. The van der Waals surface area contributed by atoms with Crippen LogP contribution in [0.25, 0.3) is 11.4 Å². The summed E-state index contributed by atoms with van der Waals surface area (Å²) in [4.78, 5) is 8.41. The van der Waals surface area contributed by atoms with Gasteiger partial charge in [0.25, 0.3) is 0 Å². The van der Waals surface area contributed by atoms with Gasteiger partial charge in [0.15, 0.2) is 17.5 Å². The molecule has 2 rings (SSSR count). The maximum Gasteiger partial charge on any atom is 0.161 e. The van der Waals surface area contributed by atoms with E-state index in [4.69, 9.17) is 11.6 Å². The molecule has 6 heteroatoms. The Morgan fingerprint density at radius 3 is 2.58 bits per heavy atom. The molecule has 0 N–H and O–H groups in total. The van der Waals surface area contributed by atoms with Crippen molar-refractivity contribution >= 4 is 27.5 Å². The van der Waals surface area contributed by atoms with Crippen LogP contribution in [0.2, 0.25) is 5.15 Å². The Bertz CT molecular complexity index is 620. The van der Waals surface area contributed by atoms with E-state index in [0.717, 1.165) is 30.7 Å². The molecule has 100 valence electrons. The van der Waals surface area contributed by atoms with Gasteiger partial charge in [-0.1, -0.05) is 24.9 Å². The first-order chi connectivity index (χ1) is 9.02. The zero-order valence-electron chi connectivity index (χ0n) is 10.1. The first kappa shape index (κ1) is 14.3. The molecule has 0 radical (unpaired) electrons. The third-order valence-electron chi connectivity index (χ3n) is 2.54. The van der Waals surface area contributed by atoms with E-state index in [1.54, 1.807) is 0 Å². The molecule has 2 aromatic rings. The Hall–Kier alpha value is -1.07. The summed E-state index contributed by atoms with van der Waals surface area (Å²) in [6.45, 7) is 2.01. The van der Waals surface area contributed by atoms with Gasteiger partial charge >= 0.3 is 0 Å². The van der Waals surface area contributed by atoms with Crippen LogP contribution in [0.15, 0.2) is 22.7 Å². The second kappa shape index (κ2) is 5.92. The molecule has 1 heterocycles. The minimum Gasteiger partial charge on any atom is -0.232 e. The highest BCUT2D eigenvalue weighted by Gasteiger charge is 2.13. The molecule has 1 aromatic carbocycles. The normalized spacial score (nSPS) is 10.8. The van der Waals surface area contributed by atoms with Crippen molar-refractivity contribution in [1.29, 1.82) is 0 Å². The fourth-order valence-corrected chi connectivity index (χ4v) is 2.19. The lowest BCUT2D eigenvalue weighted by Crippen LogP contribution is -1.99. The molecule has 0 aliphatic rings. The quantitative estimate of drug-likeness (QED) is 0.746. The summed E-state index contributed by atoms with van der Waals surface area (Å²) in [6, 6.07) is 3.53. The highest BCUT2D eigenvalue weighted by atomic mass is 79.9. The van der Waals surface area contributed by atoms with Crippen LogP contribution < -0.4 is 0 Å². The SMILES string of the molecule is CCCc1nc(-c2ccc(F)c(F)c2)nc(Cl)c1Br. The predicted molar refractivity (Wildman–Crippen MR) is 74.1 cm³/mol. The van der Waals surface area contributed by atoms with Crippen LogP contribution in [0, 0.1) is 11.6 Å². The lowest BCUT2D eigenvalue weighted by Gasteiger charge is -2.07. The number of aryl methyl sites for hydroxylation is 1. The minimum atomic E-state index is -0.933. The number of hydrogen-bond donors (Lipinski definition) is 0. The van der Waals surface area contributed by atoms with E-state index in [-0.39, 0.29) is 11.0 Å². The molecule has 0 aliphatic heterocycles. The Balaban J connectivity index is 2.52. The number of halogens is 4. The molecule has 0 spiro atoms. The molecule has 0 unspecified atom stereocenters. The fraction of sp³-hybridized carbons (Fsp3) is 0.231. The molecule has 0 atom stereocenters. The summed E-state index contributed by atoms with van der Waals surface area (Å²) < 4.78 is 26.8. The van der Waals surface area contributed by atoms with E-state index >= 15 is 0 Å². The summed E-state index contributed by atoms with van der Waals surface area (Å²) in [5, 5.41) is 0.262. The summed E-state index contributed by atoms with van der Waals surface area (Å²) in [5.41, 5.74) is 1.15. The van der Waals surface area contributed by atoms with Crippen LogP contribution in [0.3, 0.4) is 0 Å². The van der Waals surface area contributed by atoms with Crippen LogP contribution in [-0.4, -0.2) is 9.97 Å². The van der Waals surface area contributed by atoms with Crippen LogP contribution in [0.1, 0.15) is 19.0 Å². The summed E-state index contributed by atoms with van der Waals surface area (Å²) in [5.74, 6) is -1.55. The number of benzene rings is 1. The molecule has 0 amide bonds. The van der Waals surface area contributed by atoms with E-state index < -0.39 is 11.6 Å². The zero-order valence-corrected chi connectivity index (χ0v) is 12.4. The zero-order chi connectivity index (χ0) is 14.0. The average molecular weight is 348 g/mol. The number of aromatic nitrogens is 2. The van der Waals surface area contributed by atoms with Gasteiger partial charge in [-0.2, -0.15) is 0 Å². The van der Waals surface area contributed by atoms with Crippen molar-refractivity contribution in [1.82, 2.24) is 9.97 Å². The number of hydrogen-bond acceptors (Lipinski definition) is 2.